The Hall–Kier alpha value is -1.06. The number of amides is 2. The first-order valence-corrected chi connectivity index (χ1v) is 6.72. The quantitative estimate of drug-likeness (QED) is 0.717. The van der Waals surface area contributed by atoms with Crippen LogP contribution in [0.15, 0.2) is 0 Å². The molecule has 2 N–H and O–H groups in total. The van der Waals surface area contributed by atoms with Crippen LogP contribution in [0.25, 0.3) is 0 Å². The van der Waals surface area contributed by atoms with E-state index in [2.05, 4.69) is 10.6 Å². The van der Waals surface area contributed by atoms with Crippen LogP contribution in [0.2, 0.25) is 0 Å². The topological polar surface area (TPSA) is 58.2 Å². The Bertz CT molecular complexity index is 260. The van der Waals surface area contributed by atoms with Crippen molar-refractivity contribution in [1.29, 1.82) is 0 Å². The van der Waals surface area contributed by atoms with Crippen molar-refractivity contribution >= 4 is 11.8 Å². The molecule has 1 rings (SSSR count). The van der Waals surface area contributed by atoms with Crippen molar-refractivity contribution in [3.63, 3.8) is 0 Å². The minimum absolute atomic E-state index is 0.0584. The summed E-state index contributed by atoms with van der Waals surface area (Å²) in [5.74, 6) is -0.262. The van der Waals surface area contributed by atoms with Gasteiger partial charge in [0.05, 0.1) is 0 Å². The molecule has 0 radical (unpaired) electrons. The van der Waals surface area contributed by atoms with Crippen molar-refractivity contribution in [2.45, 2.75) is 58.4 Å². The second-order valence-electron chi connectivity index (χ2n) is 4.98. The van der Waals surface area contributed by atoms with Crippen LogP contribution >= 0.6 is 0 Å². The third kappa shape index (κ3) is 5.20. The zero-order valence-corrected chi connectivity index (χ0v) is 10.9. The highest BCUT2D eigenvalue weighted by Crippen LogP contribution is 2.26. The van der Waals surface area contributed by atoms with Gasteiger partial charge >= 0.3 is 11.8 Å². The predicted molar refractivity (Wildman–Crippen MR) is 67.5 cm³/mol. The first kappa shape index (κ1) is 14.0. The molecule has 0 aromatic heterocycles. The summed E-state index contributed by atoms with van der Waals surface area (Å²) in [6, 6.07) is 0.0584. The van der Waals surface area contributed by atoms with E-state index in [-0.39, 0.29) is 6.04 Å². The average Bonchev–Trinajstić information content (AvgIpc) is 2.81. The van der Waals surface area contributed by atoms with Crippen molar-refractivity contribution in [2.24, 2.45) is 5.92 Å². The van der Waals surface area contributed by atoms with E-state index in [0.29, 0.717) is 6.54 Å². The highest BCUT2D eigenvalue weighted by molar-refractivity contribution is 6.35. The Morgan fingerprint density at radius 3 is 2.47 bits per heavy atom. The highest BCUT2D eigenvalue weighted by Gasteiger charge is 2.17. The molecule has 0 unspecified atom stereocenters. The van der Waals surface area contributed by atoms with Crippen LogP contribution < -0.4 is 10.6 Å². The normalized spacial score (nSPS) is 17.8. The van der Waals surface area contributed by atoms with Gasteiger partial charge in [-0.05, 0) is 25.7 Å². The molecule has 0 spiro atoms. The molecule has 1 aliphatic carbocycles. The Morgan fingerprint density at radius 1 is 1.24 bits per heavy atom. The van der Waals surface area contributed by atoms with Crippen LogP contribution in [0.3, 0.4) is 0 Å². The largest absolute Gasteiger partial charge is 0.348 e. The number of rotatable bonds is 5. The fraction of sp³-hybridized carbons (Fsp3) is 0.846. The van der Waals surface area contributed by atoms with Crippen molar-refractivity contribution in [2.75, 3.05) is 6.54 Å². The maximum Gasteiger partial charge on any atom is 0.309 e. The van der Waals surface area contributed by atoms with E-state index < -0.39 is 11.8 Å². The van der Waals surface area contributed by atoms with Gasteiger partial charge in [0.2, 0.25) is 0 Å². The van der Waals surface area contributed by atoms with Crippen molar-refractivity contribution < 1.29 is 9.59 Å². The maximum absolute atomic E-state index is 11.4. The van der Waals surface area contributed by atoms with E-state index >= 15 is 0 Å². The Balaban J connectivity index is 2.13. The highest BCUT2D eigenvalue weighted by atomic mass is 16.2. The SMILES string of the molecule is CC[C@H](C)NC(=O)C(=O)NCCC1CCCC1. The minimum Gasteiger partial charge on any atom is -0.348 e. The predicted octanol–water partition coefficient (Wildman–Crippen LogP) is 1.60. The molecular formula is C13H24N2O2. The smallest absolute Gasteiger partial charge is 0.309 e. The monoisotopic (exact) mass is 240 g/mol. The molecule has 4 heteroatoms. The Labute approximate surface area is 104 Å². The first-order valence-electron chi connectivity index (χ1n) is 6.72. The molecule has 0 aromatic carbocycles. The molecular weight excluding hydrogens is 216 g/mol. The number of hydrogen-bond donors (Lipinski definition) is 2. The molecule has 17 heavy (non-hydrogen) atoms. The van der Waals surface area contributed by atoms with E-state index in [1.807, 2.05) is 13.8 Å². The number of nitrogens with one attached hydrogen (secondary N) is 2. The summed E-state index contributed by atoms with van der Waals surface area (Å²) < 4.78 is 0. The summed E-state index contributed by atoms with van der Waals surface area (Å²) in [5.41, 5.74) is 0. The minimum atomic E-state index is -0.509. The molecule has 1 fully saturated rings. The van der Waals surface area contributed by atoms with E-state index in [1.54, 1.807) is 0 Å². The third-order valence-electron chi connectivity index (χ3n) is 3.51. The van der Waals surface area contributed by atoms with Crippen LogP contribution in [0.5, 0.6) is 0 Å². The molecule has 4 nitrogen and oxygen atoms in total. The summed E-state index contributed by atoms with van der Waals surface area (Å²) in [6.07, 6.45) is 7.01. The first-order chi connectivity index (χ1) is 8.13. The average molecular weight is 240 g/mol. The van der Waals surface area contributed by atoms with Crippen LogP contribution in [-0.2, 0) is 9.59 Å². The van der Waals surface area contributed by atoms with Gasteiger partial charge in [0, 0.05) is 12.6 Å². The van der Waals surface area contributed by atoms with E-state index in [1.165, 1.54) is 25.7 Å². The number of hydrogen-bond acceptors (Lipinski definition) is 2. The van der Waals surface area contributed by atoms with E-state index in [4.69, 9.17) is 0 Å². The fourth-order valence-corrected chi connectivity index (χ4v) is 2.16. The van der Waals surface area contributed by atoms with Gasteiger partial charge in [-0.2, -0.15) is 0 Å². The third-order valence-corrected chi connectivity index (χ3v) is 3.51. The molecule has 0 saturated heterocycles. The van der Waals surface area contributed by atoms with Gasteiger partial charge in [-0.15, -0.1) is 0 Å². The van der Waals surface area contributed by atoms with Crippen LogP contribution in [0.1, 0.15) is 52.4 Å². The van der Waals surface area contributed by atoms with E-state index in [0.717, 1.165) is 18.8 Å². The maximum atomic E-state index is 11.4. The van der Waals surface area contributed by atoms with Gasteiger partial charge in [0.25, 0.3) is 0 Å². The van der Waals surface area contributed by atoms with Gasteiger partial charge in [0.1, 0.15) is 0 Å². The lowest BCUT2D eigenvalue weighted by molar-refractivity contribution is -0.139. The van der Waals surface area contributed by atoms with Gasteiger partial charge in [-0.25, -0.2) is 0 Å². The summed E-state index contributed by atoms with van der Waals surface area (Å²) in [5, 5.41) is 5.34. The molecule has 2 amide bonds. The second-order valence-corrected chi connectivity index (χ2v) is 4.98. The summed E-state index contributed by atoms with van der Waals surface area (Å²) in [7, 11) is 0. The molecule has 0 aliphatic heterocycles. The summed E-state index contributed by atoms with van der Waals surface area (Å²) >= 11 is 0. The molecule has 0 bridgehead atoms. The van der Waals surface area contributed by atoms with Gasteiger partial charge < -0.3 is 10.6 Å². The van der Waals surface area contributed by atoms with Gasteiger partial charge in [-0.1, -0.05) is 32.6 Å². The molecule has 1 atom stereocenters. The summed E-state index contributed by atoms with van der Waals surface area (Å²) in [6.45, 7) is 4.49. The molecule has 0 heterocycles. The lowest BCUT2D eigenvalue weighted by Gasteiger charge is -2.12. The zero-order valence-electron chi connectivity index (χ0n) is 10.9. The number of carbonyl (C=O) groups is 2. The lowest BCUT2D eigenvalue weighted by Crippen LogP contribution is -2.43. The van der Waals surface area contributed by atoms with Gasteiger partial charge in [-0.3, -0.25) is 9.59 Å². The molecule has 1 saturated carbocycles. The number of carbonyl (C=O) groups excluding carboxylic acids is 2. The lowest BCUT2D eigenvalue weighted by atomic mass is 10.0. The standard InChI is InChI=1S/C13H24N2O2/c1-3-10(2)15-13(17)12(16)14-9-8-11-6-4-5-7-11/h10-11H,3-9H2,1-2H3,(H,14,16)(H,15,17)/t10-/m0/s1. The Kier molecular flexibility index (Phi) is 6.01. The summed E-state index contributed by atoms with van der Waals surface area (Å²) in [4.78, 5) is 22.9. The molecule has 0 aromatic rings. The fourth-order valence-electron chi connectivity index (χ4n) is 2.16. The van der Waals surface area contributed by atoms with Gasteiger partial charge in [0.15, 0.2) is 0 Å². The molecule has 1 aliphatic rings. The van der Waals surface area contributed by atoms with Crippen LogP contribution in [0, 0.1) is 5.92 Å². The van der Waals surface area contributed by atoms with E-state index in [9.17, 15) is 9.59 Å². The zero-order chi connectivity index (χ0) is 12.7. The Morgan fingerprint density at radius 2 is 1.88 bits per heavy atom. The van der Waals surface area contributed by atoms with Crippen LogP contribution in [-0.4, -0.2) is 24.4 Å². The van der Waals surface area contributed by atoms with Crippen LogP contribution in [0.4, 0.5) is 0 Å². The second kappa shape index (κ2) is 7.30. The van der Waals surface area contributed by atoms with Crippen molar-refractivity contribution in [3.8, 4) is 0 Å². The van der Waals surface area contributed by atoms with Crippen molar-refractivity contribution in [1.82, 2.24) is 10.6 Å². The van der Waals surface area contributed by atoms with Crippen molar-refractivity contribution in [3.05, 3.63) is 0 Å². The molecule has 98 valence electrons.